The quantitative estimate of drug-likeness (QED) is 0.487. The standard InChI is InChI=1S/C19H16FN5O2S/c20-12-5-6-16-14(9-12)19(27)25(24-23-16)8-7-21-18(26)11-28-17-10-22-15-4-2-1-3-13(15)17/h1-6,9-10,22H,7-8,11H2,(H,21,26). The number of nitrogens with one attached hydrogen (secondary N) is 2. The van der Waals surface area contributed by atoms with Gasteiger partial charge in [0.25, 0.3) is 5.56 Å². The van der Waals surface area contributed by atoms with E-state index in [4.69, 9.17) is 0 Å². The molecule has 2 aromatic heterocycles. The Morgan fingerprint density at radius 3 is 2.96 bits per heavy atom. The molecule has 142 valence electrons. The van der Waals surface area contributed by atoms with Gasteiger partial charge in [0.1, 0.15) is 11.3 Å². The Morgan fingerprint density at radius 1 is 1.21 bits per heavy atom. The van der Waals surface area contributed by atoms with Gasteiger partial charge in [-0.1, -0.05) is 23.4 Å². The summed E-state index contributed by atoms with van der Waals surface area (Å²) in [7, 11) is 0. The zero-order valence-corrected chi connectivity index (χ0v) is 15.5. The van der Waals surface area contributed by atoms with Crippen LogP contribution in [0.5, 0.6) is 0 Å². The van der Waals surface area contributed by atoms with Gasteiger partial charge in [0.15, 0.2) is 0 Å². The van der Waals surface area contributed by atoms with E-state index in [9.17, 15) is 14.0 Å². The highest BCUT2D eigenvalue weighted by Gasteiger charge is 2.09. The highest BCUT2D eigenvalue weighted by molar-refractivity contribution is 8.00. The monoisotopic (exact) mass is 397 g/mol. The molecule has 0 saturated carbocycles. The Morgan fingerprint density at radius 2 is 2.07 bits per heavy atom. The van der Waals surface area contributed by atoms with Gasteiger partial charge < -0.3 is 10.3 Å². The molecule has 0 atom stereocenters. The number of halogens is 1. The van der Waals surface area contributed by atoms with Crippen molar-refractivity contribution < 1.29 is 9.18 Å². The lowest BCUT2D eigenvalue weighted by Gasteiger charge is -2.07. The summed E-state index contributed by atoms with van der Waals surface area (Å²) < 4.78 is 14.5. The summed E-state index contributed by atoms with van der Waals surface area (Å²) in [5, 5.41) is 11.7. The van der Waals surface area contributed by atoms with Crippen LogP contribution in [0.4, 0.5) is 4.39 Å². The predicted octanol–water partition coefficient (Wildman–Crippen LogP) is 2.32. The lowest BCUT2D eigenvalue weighted by Crippen LogP contribution is -2.33. The molecule has 0 spiro atoms. The average molecular weight is 397 g/mol. The first kappa shape index (κ1) is 18.2. The number of fused-ring (bicyclic) bond motifs is 2. The number of nitrogens with zero attached hydrogens (tertiary/aromatic N) is 3. The Labute approximate surface area is 162 Å². The summed E-state index contributed by atoms with van der Waals surface area (Å²) in [5.74, 6) is -0.402. The van der Waals surface area contributed by atoms with E-state index in [1.807, 2.05) is 30.5 Å². The Kier molecular flexibility index (Phi) is 5.07. The molecule has 4 aromatic rings. The van der Waals surface area contributed by atoms with Gasteiger partial charge in [-0.2, -0.15) is 0 Å². The molecule has 1 amide bonds. The number of carbonyl (C=O) groups is 1. The maximum Gasteiger partial charge on any atom is 0.277 e. The molecule has 0 aliphatic carbocycles. The summed E-state index contributed by atoms with van der Waals surface area (Å²) in [6.07, 6.45) is 1.88. The predicted molar refractivity (Wildman–Crippen MR) is 106 cm³/mol. The summed E-state index contributed by atoms with van der Waals surface area (Å²) in [6, 6.07) is 11.7. The van der Waals surface area contributed by atoms with E-state index < -0.39 is 11.4 Å². The molecule has 4 rings (SSSR count). The number of amides is 1. The number of para-hydroxylation sites is 1. The molecule has 0 aliphatic rings. The molecule has 0 radical (unpaired) electrons. The Bertz CT molecular complexity index is 1220. The molecule has 9 heteroatoms. The maximum absolute atomic E-state index is 13.3. The third-order valence-electron chi connectivity index (χ3n) is 4.24. The van der Waals surface area contributed by atoms with E-state index in [-0.39, 0.29) is 30.1 Å². The number of benzene rings is 2. The first-order chi connectivity index (χ1) is 13.6. The number of thioether (sulfide) groups is 1. The van der Waals surface area contributed by atoms with Crippen LogP contribution in [-0.2, 0) is 11.3 Å². The van der Waals surface area contributed by atoms with Crippen LogP contribution < -0.4 is 10.9 Å². The Balaban J connectivity index is 1.34. The van der Waals surface area contributed by atoms with Gasteiger partial charge in [0, 0.05) is 28.5 Å². The van der Waals surface area contributed by atoms with Crippen LogP contribution in [0, 0.1) is 5.82 Å². The molecule has 7 nitrogen and oxygen atoms in total. The molecule has 0 fully saturated rings. The van der Waals surface area contributed by atoms with E-state index in [1.165, 1.54) is 23.9 Å². The van der Waals surface area contributed by atoms with Crippen molar-refractivity contribution in [3.05, 3.63) is 64.8 Å². The van der Waals surface area contributed by atoms with Crippen molar-refractivity contribution in [1.82, 2.24) is 25.3 Å². The van der Waals surface area contributed by atoms with E-state index in [2.05, 4.69) is 20.6 Å². The minimum atomic E-state index is -0.508. The second-order valence-electron chi connectivity index (χ2n) is 6.12. The van der Waals surface area contributed by atoms with Crippen molar-refractivity contribution in [3.8, 4) is 0 Å². The first-order valence-electron chi connectivity index (χ1n) is 8.60. The first-order valence-corrected chi connectivity index (χ1v) is 9.59. The van der Waals surface area contributed by atoms with Crippen molar-refractivity contribution in [1.29, 1.82) is 0 Å². The third kappa shape index (κ3) is 3.74. The Hall–Kier alpha value is -3.20. The molecule has 0 bridgehead atoms. The van der Waals surface area contributed by atoms with Crippen molar-refractivity contribution in [3.63, 3.8) is 0 Å². The molecule has 28 heavy (non-hydrogen) atoms. The van der Waals surface area contributed by atoms with Gasteiger partial charge >= 0.3 is 0 Å². The van der Waals surface area contributed by atoms with Gasteiger partial charge in [-0.25, -0.2) is 9.07 Å². The van der Waals surface area contributed by atoms with Crippen molar-refractivity contribution >= 4 is 39.5 Å². The van der Waals surface area contributed by atoms with Crippen LogP contribution in [0.1, 0.15) is 0 Å². The normalized spacial score (nSPS) is 11.2. The molecule has 2 heterocycles. The molecule has 0 unspecified atom stereocenters. The van der Waals surface area contributed by atoms with Crippen molar-refractivity contribution in [2.24, 2.45) is 0 Å². The van der Waals surface area contributed by atoms with Crippen molar-refractivity contribution in [2.45, 2.75) is 11.4 Å². The average Bonchev–Trinajstić information content (AvgIpc) is 3.12. The van der Waals surface area contributed by atoms with E-state index in [0.717, 1.165) is 26.5 Å². The number of aromatic nitrogens is 4. The second kappa shape index (κ2) is 7.81. The minimum absolute atomic E-state index is 0.150. The minimum Gasteiger partial charge on any atom is -0.360 e. The SMILES string of the molecule is O=C(CSc1c[nH]c2ccccc12)NCCn1nnc2ccc(F)cc2c1=O. The number of aromatic amines is 1. The summed E-state index contributed by atoms with van der Waals surface area (Å²) in [5.41, 5.74) is 0.921. The number of hydrogen-bond acceptors (Lipinski definition) is 5. The van der Waals surface area contributed by atoms with Gasteiger partial charge in [-0.3, -0.25) is 9.59 Å². The number of H-pyrrole nitrogens is 1. The van der Waals surface area contributed by atoms with Crippen LogP contribution in [0.3, 0.4) is 0 Å². The highest BCUT2D eigenvalue weighted by atomic mass is 32.2. The van der Waals surface area contributed by atoms with E-state index >= 15 is 0 Å². The van der Waals surface area contributed by atoms with Crippen LogP contribution in [0.2, 0.25) is 0 Å². The molecule has 2 N–H and O–H groups in total. The van der Waals surface area contributed by atoms with Gasteiger partial charge in [0.2, 0.25) is 5.91 Å². The van der Waals surface area contributed by atoms with E-state index in [1.54, 1.807) is 0 Å². The fourth-order valence-electron chi connectivity index (χ4n) is 2.85. The smallest absolute Gasteiger partial charge is 0.277 e. The van der Waals surface area contributed by atoms with Gasteiger partial charge in [-0.05, 0) is 24.3 Å². The van der Waals surface area contributed by atoms with Crippen LogP contribution in [0.25, 0.3) is 21.8 Å². The zero-order valence-electron chi connectivity index (χ0n) is 14.7. The third-order valence-corrected chi connectivity index (χ3v) is 5.29. The number of hydrogen-bond donors (Lipinski definition) is 2. The summed E-state index contributed by atoms with van der Waals surface area (Å²) in [6.45, 7) is 0.379. The summed E-state index contributed by atoms with van der Waals surface area (Å²) >= 11 is 1.44. The molecular weight excluding hydrogens is 381 g/mol. The number of carbonyl (C=O) groups excluding carboxylic acids is 1. The topological polar surface area (TPSA) is 92.7 Å². The van der Waals surface area contributed by atoms with Crippen molar-refractivity contribution in [2.75, 3.05) is 12.3 Å². The van der Waals surface area contributed by atoms with Crippen LogP contribution >= 0.6 is 11.8 Å². The van der Waals surface area contributed by atoms with Gasteiger partial charge in [-0.15, -0.1) is 16.9 Å². The lowest BCUT2D eigenvalue weighted by molar-refractivity contribution is -0.118. The molecule has 0 saturated heterocycles. The zero-order chi connectivity index (χ0) is 19.5. The molecule has 2 aromatic carbocycles. The second-order valence-corrected chi connectivity index (χ2v) is 7.13. The largest absolute Gasteiger partial charge is 0.360 e. The fourth-order valence-corrected chi connectivity index (χ4v) is 3.72. The number of rotatable bonds is 6. The van der Waals surface area contributed by atoms with E-state index in [0.29, 0.717) is 5.52 Å². The van der Waals surface area contributed by atoms with Gasteiger partial charge in [0.05, 0.1) is 17.7 Å². The molecule has 0 aliphatic heterocycles. The lowest BCUT2D eigenvalue weighted by atomic mass is 10.2. The maximum atomic E-state index is 13.3. The molecular formula is C19H16FN5O2S. The fraction of sp³-hybridized carbons (Fsp3) is 0.158. The summed E-state index contributed by atoms with van der Waals surface area (Å²) in [4.78, 5) is 28.6. The highest BCUT2D eigenvalue weighted by Crippen LogP contribution is 2.27. The van der Waals surface area contributed by atoms with Crippen LogP contribution in [0.15, 0.2) is 58.4 Å². The van der Waals surface area contributed by atoms with Crippen LogP contribution in [-0.4, -0.2) is 38.2 Å².